The number of carbonyl (C=O) groups is 2. The Hall–Kier alpha value is -1.85. The van der Waals surface area contributed by atoms with Gasteiger partial charge < -0.3 is 15.2 Å². The predicted octanol–water partition coefficient (Wildman–Crippen LogP) is 2.12. The summed E-state index contributed by atoms with van der Waals surface area (Å²) in [6.07, 6.45) is 3.26. The van der Waals surface area contributed by atoms with Crippen molar-refractivity contribution < 1.29 is 9.59 Å². The van der Waals surface area contributed by atoms with E-state index in [0.717, 1.165) is 0 Å². The number of aryl methyl sites for hydroxylation is 1. The third-order valence-corrected chi connectivity index (χ3v) is 4.09. The number of hydrogen-bond acceptors (Lipinski definition) is 3. The van der Waals surface area contributed by atoms with E-state index in [1.165, 1.54) is 0 Å². The lowest BCUT2D eigenvalue weighted by Crippen LogP contribution is -2.56. The van der Waals surface area contributed by atoms with Crippen LogP contribution < -0.4 is 10.6 Å². The van der Waals surface area contributed by atoms with E-state index >= 15 is 0 Å². The van der Waals surface area contributed by atoms with Crippen molar-refractivity contribution in [1.29, 1.82) is 0 Å². The number of aromatic nitrogens is 2. The minimum atomic E-state index is -0.642. The van der Waals surface area contributed by atoms with Crippen LogP contribution >= 0.6 is 0 Å². The number of nitrogens with one attached hydrogen (secondary N) is 2. The van der Waals surface area contributed by atoms with Gasteiger partial charge in [0.05, 0.1) is 0 Å². The summed E-state index contributed by atoms with van der Waals surface area (Å²) in [5, 5.41) is 5.83. The Morgan fingerprint density at radius 3 is 2.04 bits per heavy atom. The molecule has 0 aromatic carbocycles. The van der Waals surface area contributed by atoms with Crippen LogP contribution in [0.2, 0.25) is 0 Å². The Morgan fingerprint density at radius 2 is 1.65 bits per heavy atom. The largest absolute Gasteiger partial charge is 0.351 e. The van der Waals surface area contributed by atoms with Gasteiger partial charge in [-0.15, -0.1) is 0 Å². The Bertz CT molecular complexity index is 564. The fourth-order valence-electron chi connectivity index (χ4n) is 1.97. The molecule has 6 heteroatoms. The number of amides is 2. The molecule has 1 aromatic heterocycles. The first-order chi connectivity index (χ1) is 10.3. The maximum Gasteiger partial charge on any atom is 0.287 e. The summed E-state index contributed by atoms with van der Waals surface area (Å²) < 4.78 is 1.63. The van der Waals surface area contributed by atoms with Crippen molar-refractivity contribution in [3.63, 3.8) is 0 Å². The highest BCUT2D eigenvalue weighted by molar-refractivity contribution is 5.95. The average molecular weight is 322 g/mol. The lowest BCUT2D eigenvalue weighted by Gasteiger charge is -2.34. The molecule has 0 aliphatic heterocycles. The average Bonchev–Trinajstić information content (AvgIpc) is 2.79. The Morgan fingerprint density at radius 1 is 1.09 bits per heavy atom. The molecule has 2 amide bonds. The second-order valence-electron chi connectivity index (χ2n) is 8.23. The third-order valence-electron chi connectivity index (χ3n) is 4.09. The maximum atomic E-state index is 12.7. The lowest BCUT2D eigenvalue weighted by molar-refractivity contribution is -0.126. The molecule has 0 aliphatic carbocycles. The second kappa shape index (κ2) is 6.72. The maximum absolute atomic E-state index is 12.7. The molecule has 1 heterocycles. The molecule has 0 fully saturated rings. The van der Waals surface area contributed by atoms with E-state index in [1.807, 2.05) is 27.7 Å². The van der Waals surface area contributed by atoms with Gasteiger partial charge in [0.2, 0.25) is 5.91 Å². The first-order valence-electron chi connectivity index (χ1n) is 7.92. The molecule has 2 N–H and O–H groups in total. The predicted molar refractivity (Wildman–Crippen MR) is 91.0 cm³/mol. The van der Waals surface area contributed by atoms with Crippen molar-refractivity contribution in [2.24, 2.45) is 17.9 Å². The molecule has 0 aliphatic rings. The van der Waals surface area contributed by atoms with E-state index in [-0.39, 0.29) is 29.1 Å². The van der Waals surface area contributed by atoms with E-state index in [1.54, 1.807) is 24.0 Å². The molecule has 6 nitrogen and oxygen atoms in total. The number of nitrogens with zero attached hydrogens (tertiary/aromatic N) is 2. The van der Waals surface area contributed by atoms with Crippen LogP contribution in [0, 0.1) is 10.8 Å². The van der Waals surface area contributed by atoms with Crippen LogP contribution in [0.25, 0.3) is 0 Å². The molecule has 1 rings (SSSR count). The molecule has 130 valence electrons. The van der Waals surface area contributed by atoms with Gasteiger partial charge in [0.25, 0.3) is 5.91 Å². The smallest absolute Gasteiger partial charge is 0.287 e. The van der Waals surface area contributed by atoms with Gasteiger partial charge in [-0.25, -0.2) is 4.98 Å². The normalized spacial score (nSPS) is 15.0. The number of imidazole rings is 1. The molecule has 0 spiro atoms. The fraction of sp³-hybridized carbons (Fsp3) is 0.706. The Balaban J connectivity index is 2.92. The summed E-state index contributed by atoms with van der Waals surface area (Å²) >= 11 is 0. The minimum Gasteiger partial charge on any atom is -0.351 e. The molecular formula is C17H30N4O2. The van der Waals surface area contributed by atoms with Crippen molar-refractivity contribution in [2.45, 2.75) is 60.5 Å². The summed E-state index contributed by atoms with van der Waals surface area (Å²) in [6.45, 7) is 14.0. The number of carbonyl (C=O) groups excluding carboxylic acids is 2. The highest BCUT2D eigenvalue weighted by Crippen LogP contribution is 2.22. The molecule has 0 unspecified atom stereocenters. The highest BCUT2D eigenvalue weighted by Gasteiger charge is 2.35. The molecule has 0 bridgehead atoms. The summed E-state index contributed by atoms with van der Waals surface area (Å²) in [5.41, 5.74) is -0.468. The first-order valence-corrected chi connectivity index (χ1v) is 7.92. The van der Waals surface area contributed by atoms with Gasteiger partial charge >= 0.3 is 0 Å². The summed E-state index contributed by atoms with van der Waals surface area (Å²) in [4.78, 5) is 29.1. The topological polar surface area (TPSA) is 76.0 Å². The summed E-state index contributed by atoms with van der Waals surface area (Å²) in [5.74, 6) is -0.241. The standard InChI is InChI=1S/C17H30N4O2/c1-11(16(2,3)4)19-14(22)12(17(5,6)7)20-15(23)13-18-9-10-21(13)8/h9-12H,1-8H3,(H,19,22)(H,20,23)/t11-,12-/m1/s1. The lowest BCUT2D eigenvalue weighted by atomic mass is 9.84. The monoisotopic (exact) mass is 322 g/mol. The van der Waals surface area contributed by atoms with Gasteiger partial charge in [-0.1, -0.05) is 41.5 Å². The van der Waals surface area contributed by atoms with E-state index in [4.69, 9.17) is 0 Å². The zero-order valence-corrected chi connectivity index (χ0v) is 15.5. The van der Waals surface area contributed by atoms with E-state index in [2.05, 4.69) is 36.4 Å². The highest BCUT2D eigenvalue weighted by atomic mass is 16.2. The van der Waals surface area contributed by atoms with Gasteiger partial charge in [-0.05, 0) is 17.8 Å². The minimum absolute atomic E-state index is 0.00934. The van der Waals surface area contributed by atoms with Crippen molar-refractivity contribution in [3.05, 3.63) is 18.2 Å². The van der Waals surface area contributed by atoms with Crippen molar-refractivity contribution in [1.82, 2.24) is 20.2 Å². The van der Waals surface area contributed by atoms with Crippen LogP contribution in [-0.4, -0.2) is 33.4 Å². The van der Waals surface area contributed by atoms with E-state index in [0.29, 0.717) is 0 Å². The van der Waals surface area contributed by atoms with Crippen molar-refractivity contribution in [3.8, 4) is 0 Å². The molecule has 0 radical (unpaired) electrons. The Labute approximate surface area is 139 Å². The number of hydrogen-bond donors (Lipinski definition) is 2. The van der Waals surface area contributed by atoms with Crippen molar-refractivity contribution in [2.75, 3.05) is 0 Å². The summed E-state index contributed by atoms with van der Waals surface area (Å²) in [7, 11) is 1.75. The number of rotatable bonds is 4. The van der Waals surface area contributed by atoms with Crippen LogP contribution in [0.5, 0.6) is 0 Å². The van der Waals surface area contributed by atoms with Gasteiger partial charge in [-0.2, -0.15) is 0 Å². The second-order valence-corrected chi connectivity index (χ2v) is 8.23. The Kier molecular flexibility index (Phi) is 5.61. The van der Waals surface area contributed by atoms with Crippen LogP contribution in [0.4, 0.5) is 0 Å². The van der Waals surface area contributed by atoms with Gasteiger partial charge in [0.15, 0.2) is 5.82 Å². The van der Waals surface area contributed by atoms with E-state index < -0.39 is 11.5 Å². The summed E-state index contributed by atoms with van der Waals surface area (Å²) in [6, 6.07) is -0.651. The quantitative estimate of drug-likeness (QED) is 0.891. The fourth-order valence-corrected chi connectivity index (χ4v) is 1.97. The zero-order chi connectivity index (χ0) is 18.0. The SMILES string of the molecule is C[C@@H](NC(=O)[C@@H](NC(=O)c1nccn1C)C(C)(C)C)C(C)(C)C. The van der Waals surface area contributed by atoms with Crippen LogP contribution in [-0.2, 0) is 11.8 Å². The van der Waals surface area contributed by atoms with Crippen LogP contribution in [0.1, 0.15) is 59.1 Å². The van der Waals surface area contributed by atoms with Crippen molar-refractivity contribution >= 4 is 11.8 Å². The van der Waals surface area contributed by atoms with E-state index in [9.17, 15) is 9.59 Å². The van der Waals surface area contributed by atoms with Gasteiger partial charge in [0.1, 0.15) is 6.04 Å². The molecule has 1 aromatic rings. The van der Waals surface area contributed by atoms with Gasteiger partial charge in [-0.3, -0.25) is 9.59 Å². The molecular weight excluding hydrogens is 292 g/mol. The molecule has 0 saturated carbocycles. The van der Waals surface area contributed by atoms with Gasteiger partial charge in [0, 0.05) is 25.5 Å². The van der Waals surface area contributed by atoms with Crippen LogP contribution in [0.3, 0.4) is 0 Å². The molecule has 0 saturated heterocycles. The zero-order valence-electron chi connectivity index (χ0n) is 15.5. The van der Waals surface area contributed by atoms with Crippen LogP contribution in [0.15, 0.2) is 12.4 Å². The third kappa shape index (κ3) is 5.08. The molecule has 2 atom stereocenters. The first kappa shape index (κ1) is 19.2. The molecule has 23 heavy (non-hydrogen) atoms.